The van der Waals surface area contributed by atoms with Gasteiger partial charge in [-0.15, -0.1) is 0 Å². The van der Waals surface area contributed by atoms with Crippen molar-refractivity contribution >= 4 is 11.4 Å². The highest BCUT2D eigenvalue weighted by molar-refractivity contribution is 5.67. The number of anilines is 2. The van der Waals surface area contributed by atoms with E-state index in [1.165, 1.54) is 36.3 Å². The second-order valence-electron chi connectivity index (χ2n) is 8.56. The Morgan fingerprint density at radius 1 is 0.800 bits per heavy atom. The van der Waals surface area contributed by atoms with E-state index in [9.17, 15) is 0 Å². The third kappa shape index (κ3) is 5.27. The number of ether oxygens (including phenoxy) is 1. The average molecular weight is 409 g/mol. The number of aryl methyl sites for hydroxylation is 1. The molecule has 0 atom stereocenters. The van der Waals surface area contributed by atoms with Crippen LogP contribution in [0.3, 0.4) is 0 Å². The van der Waals surface area contributed by atoms with E-state index in [4.69, 9.17) is 4.74 Å². The Morgan fingerprint density at radius 2 is 1.50 bits per heavy atom. The first-order valence-corrected chi connectivity index (χ1v) is 11.4. The van der Waals surface area contributed by atoms with Crippen LogP contribution in [0.15, 0.2) is 48.5 Å². The Balaban J connectivity index is 1.31. The van der Waals surface area contributed by atoms with Gasteiger partial charge in [0.1, 0.15) is 5.75 Å². The zero-order valence-electron chi connectivity index (χ0n) is 18.6. The van der Waals surface area contributed by atoms with E-state index in [0.29, 0.717) is 0 Å². The van der Waals surface area contributed by atoms with E-state index in [2.05, 4.69) is 75.2 Å². The van der Waals surface area contributed by atoms with Crippen LogP contribution in [0.2, 0.25) is 0 Å². The zero-order chi connectivity index (χ0) is 20.8. The molecule has 5 nitrogen and oxygen atoms in total. The van der Waals surface area contributed by atoms with Crippen molar-refractivity contribution in [2.45, 2.75) is 12.8 Å². The smallest absolute Gasteiger partial charge is 0.142 e. The quantitative estimate of drug-likeness (QED) is 0.700. The third-order valence-electron chi connectivity index (χ3n) is 6.53. The van der Waals surface area contributed by atoms with Gasteiger partial charge >= 0.3 is 0 Å². The molecular weight excluding hydrogens is 372 g/mol. The summed E-state index contributed by atoms with van der Waals surface area (Å²) < 4.78 is 5.68. The molecule has 2 fully saturated rings. The van der Waals surface area contributed by atoms with Gasteiger partial charge in [-0.25, -0.2) is 0 Å². The summed E-state index contributed by atoms with van der Waals surface area (Å²) in [6.45, 7) is 10.0. The Bertz CT molecular complexity index is 781. The van der Waals surface area contributed by atoms with E-state index in [1.807, 2.05) is 0 Å². The van der Waals surface area contributed by atoms with Crippen LogP contribution in [-0.4, -0.2) is 82.9 Å². The maximum absolute atomic E-state index is 5.68. The molecule has 2 heterocycles. The first-order chi connectivity index (χ1) is 14.7. The van der Waals surface area contributed by atoms with Crippen LogP contribution in [0.4, 0.5) is 11.4 Å². The molecule has 2 aromatic carbocycles. The van der Waals surface area contributed by atoms with Crippen LogP contribution < -0.4 is 14.5 Å². The van der Waals surface area contributed by atoms with Crippen LogP contribution in [0.25, 0.3) is 0 Å². The van der Waals surface area contributed by atoms with Gasteiger partial charge in [0.2, 0.25) is 0 Å². The number of hydrogen-bond acceptors (Lipinski definition) is 5. The molecule has 0 radical (unpaired) electrons. The maximum Gasteiger partial charge on any atom is 0.142 e. The lowest BCUT2D eigenvalue weighted by Crippen LogP contribution is -2.47. The van der Waals surface area contributed by atoms with Gasteiger partial charge in [0.25, 0.3) is 0 Å². The van der Waals surface area contributed by atoms with E-state index >= 15 is 0 Å². The highest BCUT2D eigenvalue weighted by Gasteiger charge is 2.21. The molecule has 0 N–H and O–H groups in total. The van der Waals surface area contributed by atoms with Crippen LogP contribution in [0.1, 0.15) is 12.0 Å². The van der Waals surface area contributed by atoms with E-state index < -0.39 is 0 Å². The third-order valence-corrected chi connectivity index (χ3v) is 6.53. The minimum atomic E-state index is 0.989. The molecule has 0 aromatic heterocycles. The number of hydrogen-bond donors (Lipinski definition) is 0. The number of piperazine rings is 2. The highest BCUT2D eigenvalue weighted by atomic mass is 16.5. The molecule has 2 aliphatic heterocycles. The van der Waals surface area contributed by atoms with Crippen LogP contribution in [0.5, 0.6) is 5.75 Å². The fraction of sp³-hybridized carbons (Fsp3) is 0.520. The topological polar surface area (TPSA) is 22.2 Å². The van der Waals surface area contributed by atoms with Crippen molar-refractivity contribution in [1.82, 2.24) is 9.80 Å². The van der Waals surface area contributed by atoms with Gasteiger partial charge in [-0.3, -0.25) is 4.90 Å². The molecule has 0 unspecified atom stereocenters. The molecule has 0 amide bonds. The predicted octanol–water partition coefficient (Wildman–Crippen LogP) is 3.20. The molecule has 30 heavy (non-hydrogen) atoms. The van der Waals surface area contributed by atoms with Gasteiger partial charge < -0.3 is 19.4 Å². The summed E-state index contributed by atoms with van der Waals surface area (Å²) in [5, 5.41) is 0. The van der Waals surface area contributed by atoms with E-state index in [0.717, 1.165) is 58.1 Å². The summed E-state index contributed by atoms with van der Waals surface area (Å²) in [4.78, 5) is 10.0. The normalized spacial score (nSPS) is 18.6. The second kappa shape index (κ2) is 10.2. The zero-order valence-corrected chi connectivity index (χ0v) is 18.6. The summed E-state index contributed by atoms with van der Waals surface area (Å²) in [5.74, 6) is 0.989. The van der Waals surface area contributed by atoms with Crippen molar-refractivity contribution in [3.8, 4) is 5.75 Å². The standard InChI is InChI=1S/C25H36N4O/c1-26-13-17-29(18-14-26)24-21-23(10-11-25(24)30-2)28-19-15-27(16-20-28)12-6-9-22-7-4-3-5-8-22/h3-5,7-8,10-11,21H,6,9,12-20H2,1-2H3. The van der Waals surface area contributed by atoms with Gasteiger partial charge in [0.05, 0.1) is 12.8 Å². The lowest BCUT2D eigenvalue weighted by atomic mass is 10.1. The summed E-state index contributed by atoms with van der Waals surface area (Å²) in [6.07, 6.45) is 2.41. The number of methoxy groups -OCH3 is 1. The first-order valence-electron chi connectivity index (χ1n) is 11.4. The Morgan fingerprint density at radius 3 is 2.20 bits per heavy atom. The molecule has 162 valence electrons. The Labute approximate surface area is 181 Å². The van der Waals surface area contributed by atoms with Gasteiger partial charge in [0, 0.05) is 58.0 Å². The SMILES string of the molecule is COc1ccc(N2CCN(CCCc3ccccc3)CC2)cc1N1CCN(C)CC1. The number of benzene rings is 2. The highest BCUT2D eigenvalue weighted by Crippen LogP contribution is 2.33. The van der Waals surface area contributed by atoms with Gasteiger partial charge in [-0.2, -0.15) is 0 Å². The van der Waals surface area contributed by atoms with Crippen molar-refractivity contribution in [1.29, 1.82) is 0 Å². The fourth-order valence-corrected chi connectivity index (χ4v) is 4.55. The van der Waals surface area contributed by atoms with Crippen LogP contribution in [0, 0.1) is 0 Å². The first kappa shape index (κ1) is 21.0. The lowest BCUT2D eigenvalue weighted by Gasteiger charge is -2.38. The Kier molecular flexibility index (Phi) is 7.13. The van der Waals surface area contributed by atoms with Gasteiger partial charge in [0.15, 0.2) is 0 Å². The number of rotatable bonds is 7. The molecule has 0 spiro atoms. The summed E-state index contributed by atoms with van der Waals surface area (Å²) in [7, 11) is 3.98. The molecule has 0 aliphatic carbocycles. The average Bonchev–Trinajstić information content (AvgIpc) is 2.80. The van der Waals surface area contributed by atoms with E-state index in [-0.39, 0.29) is 0 Å². The van der Waals surface area contributed by atoms with E-state index in [1.54, 1.807) is 7.11 Å². The Hall–Kier alpha value is -2.24. The summed E-state index contributed by atoms with van der Waals surface area (Å²) in [5.41, 5.74) is 4.02. The monoisotopic (exact) mass is 408 g/mol. The minimum Gasteiger partial charge on any atom is -0.495 e. The lowest BCUT2D eigenvalue weighted by molar-refractivity contribution is 0.255. The molecular formula is C25H36N4O. The number of nitrogens with zero attached hydrogens (tertiary/aromatic N) is 4. The van der Waals surface area contributed by atoms with Gasteiger partial charge in [-0.05, 0) is 50.2 Å². The maximum atomic E-state index is 5.68. The second-order valence-corrected chi connectivity index (χ2v) is 8.56. The van der Waals surface area contributed by atoms with Crippen molar-refractivity contribution in [2.24, 2.45) is 0 Å². The minimum absolute atomic E-state index is 0.989. The molecule has 0 saturated carbocycles. The fourth-order valence-electron chi connectivity index (χ4n) is 4.55. The predicted molar refractivity (Wildman–Crippen MR) is 126 cm³/mol. The largest absolute Gasteiger partial charge is 0.495 e. The summed E-state index contributed by atoms with van der Waals surface area (Å²) in [6, 6.07) is 17.6. The van der Waals surface area contributed by atoms with Crippen molar-refractivity contribution in [3.63, 3.8) is 0 Å². The number of likely N-dealkylation sites (N-methyl/N-ethyl adjacent to an activating group) is 1. The molecule has 5 heteroatoms. The molecule has 2 aliphatic rings. The van der Waals surface area contributed by atoms with Crippen LogP contribution in [-0.2, 0) is 6.42 Å². The van der Waals surface area contributed by atoms with Crippen molar-refractivity contribution in [3.05, 3.63) is 54.1 Å². The molecule has 2 saturated heterocycles. The molecule has 0 bridgehead atoms. The summed E-state index contributed by atoms with van der Waals surface area (Å²) >= 11 is 0. The molecule has 4 rings (SSSR count). The van der Waals surface area contributed by atoms with Crippen LogP contribution >= 0.6 is 0 Å². The van der Waals surface area contributed by atoms with Crippen molar-refractivity contribution in [2.75, 3.05) is 82.9 Å². The van der Waals surface area contributed by atoms with Crippen molar-refractivity contribution < 1.29 is 4.74 Å². The molecule has 2 aromatic rings. The van der Waals surface area contributed by atoms with Gasteiger partial charge in [-0.1, -0.05) is 30.3 Å².